The quantitative estimate of drug-likeness (QED) is 0.791. The molecule has 0 aliphatic rings. The first-order valence-corrected chi connectivity index (χ1v) is 5.35. The minimum atomic E-state index is -4.83. The van der Waals surface area contributed by atoms with Crippen molar-refractivity contribution in [3.63, 3.8) is 0 Å². The number of carbonyl (C=O) groups excluding carboxylic acids is 1. The van der Waals surface area contributed by atoms with Gasteiger partial charge in [0.15, 0.2) is 5.78 Å². The Kier molecular flexibility index (Phi) is 4.65. The molecule has 7 heteroatoms. The van der Waals surface area contributed by atoms with Gasteiger partial charge in [0, 0.05) is 17.0 Å². The van der Waals surface area contributed by atoms with Crippen LogP contribution in [0.5, 0.6) is 5.75 Å². The standard InChI is InChI=1S/C10H7Cl2F3O2/c11-5-6(16)4-7-8(12)2-1-3-9(7)17-10(13,14)15/h1-3H,4-5H2. The molecule has 0 aliphatic heterocycles. The van der Waals surface area contributed by atoms with Crippen molar-refractivity contribution in [3.8, 4) is 5.75 Å². The minimum absolute atomic E-state index is 0.0165. The predicted molar refractivity (Wildman–Crippen MR) is 57.6 cm³/mol. The Balaban J connectivity index is 3.04. The Hall–Kier alpha value is -0.940. The summed E-state index contributed by atoms with van der Waals surface area (Å²) >= 11 is 11.0. The Morgan fingerprint density at radius 2 is 2.00 bits per heavy atom. The van der Waals surface area contributed by atoms with Crippen LogP contribution in [0.25, 0.3) is 0 Å². The molecule has 0 amide bonds. The summed E-state index contributed by atoms with van der Waals surface area (Å²) in [5.41, 5.74) is -0.0165. The number of carbonyl (C=O) groups is 1. The molecule has 0 fully saturated rings. The lowest BCUT2D eigenvalue weighted by Gasteiger charge is -2.13. The fraction of sp³-hybridized carbons (Fsp3) is 0.300. The van der Waals surface area contributed by atoms with Gasteiger partial charge in [-0.2, -0.15) is 0 Å². The number of hydrogen-bond acceptors (Lipinski definition) is 2. The van der Waals surface area contributed by atoms with Crippen LogP contribution in [0, 0.1) is 0 Å². The van der Waals surface area contributed by atoms with E-state index in [1.54, 1.807) is 0 Å². The third-order valence-corrected chi connectivity index (χ3v) is 2.48. The van der Waals surface area contributed by atoms with E-state index in [0.717, 1.165) is 6.07 Å². The largest absolute Gasteiger partial charge is 0.573 e. The Labute approximate surface area is 105 Å². The van der Waals surface area contributed by atoms with Crippen LogP contribution >= 0.6 is 23.2 Å². The molecule has 94 valence electrons. The number of ketones is 1. The van der Waals surface area contributed by atoms with Gasteiger partial charge in [0.05, 0.1) is 5.88 Å². The number of rotatable bonds is 4. The fourth-order valence-electron chi connectivity index (χ4n) is 1.18. The van der Waals surface area contributed by atoms with Crippen molar-refractivity contribution in [1.29, 1.82) is 0 Å². The molecule has 0 saturated heterocycles. The number of benzene rings is 1. The highest BCUT2D eigenvalue weighted by Crippen LogP contribution is 2.31. The Bertz CT molecular complexity index is 419. The molecular weight excluding hydrogens is 280 g/mol. The zero-order chi connectivity index (χ0) is 13.1. The summed E-state index contributed by atoms with van der Waals surface area (Å²) in [6.07, 6.45) is -5.13. The molecule has 1 aromatic carbocycles. The van der Waals surface area contributed by atoms with Crippen LogP contribution in [0.4, 0.5) is 13.2 Å². The van der Waals surface area contributed by atoms with E-state index in [4.69, 9.17) is 23.2 Å². The summed E-state index contributed by atoms with van der Waals surface area (Å²) in [6, 6.07) is 3.77. The molecule has 0 bridgehead atoms. The van der Waals surface area contributed by atoms with Crippen molar-refractivity contribution in [1.82, 2.24) is 0 Å². The second-order valence-electron chi connectivity index (χ2n) is 3.11. The van der Waals surface area contributed by atoms with E-state index in [0.29, 0.717) is 0 Å². The zero-order valence-corrected chi connectivity index (χ0v) is 9.86. The second kappa shape index (κ2) is 5.60. The van der Waals surface area contributed by atoms with Crippen LogP contribution < -0.4 is 4.74 Å². The van der Waals surface area contributed by atoms with E-state index in [9.17, 15) is 18.0 Å². The molecule has 0 radical (unpaired) electrons. The van der Waals surface area contributed by atoms with Crippen molar-refractivity contribution in [2.24, 2.45) is 0 Å². The lowest BCUT2D eigenvalue weighted by Crippen LogP contribution is -2.19. The number of alkyl halides is 4. The first-order valence-electron chi connectivity index (χ1n) is 4.44. The number of hydrogen-bond donors (Lipinski definition) is 0. The summed E-state index contributed by atoms with van der Waals surface area (Å²) in [7, 11) is 0. The van der Waals surface area contributed by atoms with Crippen molar-refractivity contribution in [2.45, 2.75) is 12.8 Å². The van der Waals surface area contributed by atoms with Gasteiger partial charge >= 0.3 is 6.36 Å². The molecule has 0 atom stereocenters. The normalized spacial score (nSPS) is 11.4. The number of halogens is 5. The minimum Gasteiger partial charge on any atom is -0.405 e. The molecule has 1 aromatic rings. The maximum Gasteiger partial charge on any atom is 0.573 e. The summed E-state index contributed by atoms with van der Waals surface area (Å²) in [5.74, 6) is -1.22. The van der Waals surface area contributed by atoms with Gasteiger partial charge in [-0.25, -0.2) is 0 Å². The first-order chi connectivity index (χ1) is 7.83. The highest BCUT2D eigenvalue weighted by Gasteiger charge is 2.32. The van der Waals surface area contributed by atoms with Crippen LogP contribution in [0.1, 0.15) is 5.56 Å². The molecule has 0 spiro atoms. The molecule has 0 heterocycles. The lowest BCUT2D eigenvalue weighted by molar-refractivity contribution is -0.274. The molecule has 0 saturated carbocycles. The van der Waals surface area contributed by atoms with Crippen molar-refractivity contribution in [2.75, 3.05) is 5.88 Å². The molecule has 2 nitrogen and oxygen atoms in total. The molecule has 0 N–H and O–H groups in total. The third-order valence-electron chi connectivity index (χ3n) is 1.82. The summed E-state index contributed by atoms with van der Waals surface area (Å²) in [6.45, 7) is 0. The van der Waals surface area contributed by atoms with E-state index >= 15 is 0 Å². The van der Waals surface area contributed by atoms with Crippen LogP contribution in [0.3, 0.4) is 0 Å². The van der Waals surface area contributed by atoms with Gasteiger partial charge in [0.25, 0.3) is 0 Å². The van der Waals surface area contributed by atoms with Crippen LogP contribution in [0.15, 0.2) is 18.2 Å². The highest BCUT2D eigenvalue weighted by molar-refractivity contribution is 6.32. The maximum absolute atomic E-state index is 12.1. The average molecular weight is 287 g/mol. The predicted octanol–water partition coefficient (Wildman–Crippen LogP) is 3.59. The smallest absolute Gasteiger partial charge is 0.405 e. The topological polar surface area (TPSA) is 26.3 Å². The first kappa shape index (κ1) is 14.1. The zero-order valence-electron chi connectivity index (χ0n) is 8.35. The second-order valence-corrected chi connectivity index (χ2v) is 3.79. The average Bonchev–Trinajstić information content (AvgIpc) is 2.20. The van der Waals surface area contributed by atoms with E-state index < -0.39 is 17.9 Å². The van der Waals surface area contributed by atoms with Gasteiger partial charge in [-0.3, -0.25) is 4.79 Å². The lowest BCUT2D eigenvalue weighted by atomic mass is 10.1. The monoisotopic (exact) mass is 286 g/mol. The SMILES string of the molecule is O=C(CCl)Cc1c(Cl)cccc1OC(F)(F)F. The molecule has 17 heavy (non-hydrogen) atoms. The van der Waals surface area contributed by atoms with Crippen molar-refractivity contribution >= 4 is 29.0 Å². The summed E-state index contributed by atoms with van der Waals surface area (Å²) in [4.78, 5) is 11.1. The summed E-state index contributed by atoms with van der Waals surface area (Å²) < 4.78 is 40.1. The molecule has 0 aromatic heterocycles. The van der Waals surface area contributed by atoms with Gasteiger partial charge in [0.2, 0.25) is 0 Å². The van der Waals surface area contributed by atoms with E-state index in [1.165, 1.54) is 12.1 Å². The number of Topliss-reactive ketones (excluding diaryl/α,β-unsaturated/α-hetero) is 1. The van der Waals surface area contributed by atoms with Gasteiger partial charge < -0.3 is 4.74 Å². The Morgan fingerprint density at radius 1 is 1.35 bits per heavy atom. The molecule has 0 unspecified atom stereocenters. The van der Waals surface area contributed by atoms with Crippen LogP contribution in [0.2, 0.25) is 5.02 Å². The van der Waals surface area contributed by atoms with Gasteiger partial charge in [-0.1, -0.05) is 17.7 Å². The van der Waals surface area contributed by atoms with Crippen LogP contribution in [-0.2, 0) is 11.2 Å². The maximum atomic E-state index is 12.1. The molecule has 1 rings (SSSR count). The third kappa shape index (κ3) is 4.44. The highest BCUT2D eigenvalue weighted by atomic mass is 35.5. The van der Waals surface area contributed by atoms with E-state index in [2.05, 4.69) is 4.74 Å². The van der Waals surface area contributed by atoms with Crippen LogP contribution in [-0.4, -0.2) is 18.0 Å². The van der Waals surface area contributed by atoms with Gasteiger partial charge in [-0.05, 0) is 12.1 Å². The Morgan fingerprint density at radius 3 is 2.53 bits per heavy atom. The molecular formula is C10H7Cl2F3O2. The fourth-order valence-corrected chi connectivity index (χ4v) is 1.50. The summed E-state index contributed by atoms with van der Waals surface area (Å²) in [5, 5.41) is 0.0326. The number of ether oxygens (including phenoxy) is 1. The van der Waals surface area contributed by atoms with Gasteiger partial charge in [0.1, 0.15) is 5.75 Å². The van der Waals surface area contributed by atoms with Crippen molar-refractivity contribution < 1.29 is 22.7 Å². The molecule has 0 aliphatic carbocycles. The van der Waals surface area contributed by atoms with E-state index in [-0.39, 0.29) is 22.9 Å². The van der Waals surface area contributed by atoms with E-state index in [1.807, 2.05) is 0 Å². The van der Waals surface area contributed by atoms with Gasteiger partial charge in [-0.15, -0.1) is 24.8 Å². The van der Waals surface area contributed by atoms with Crippen molar-refractivity contribution in [3.05, 3.63) is 28.8 Å².